The number of carbonyl (C=O) groups is 1. The molecular formula is C16H24FN3O. The summed E-state index contributed by atoms with van der Waals surface area (Å²) in [6.07, 6.45) is 7.99. The van der Waals surface area contributed by atoms with Crippen LogP contribution in [0.15, 0.2) is 12.3 Å². The average molecular weight is 293 g/mol. The molecule has 21 heavy (non-hydrogen) atoms. The lowest BCUT2D eigenvalue weighted by Crippen LogP contribution is -2.37. The summed E-state index contributed by atoms with van der Waals surface area (Å²) in [5, 5.41) is 3.03. The number of amides is 1. The molecule has 0 saturated heterocycles. The van der Waals surface area contributed by atoms with Crippen LogP contribution in [-0.2, 0) is 0 Å². The topological polar surface area (TPSA) is 45.2 Å². The summed E-state index contributed by atoms with van der Waals surface area (Å²) >= 11 is 0. The van der Waals surface area contributed by atoms with E-state index in [2.05, 4.69) is 10.3 Å². The fraction of sp³-hybridized carbons (Fsp3) is 0.625. The minimum absolute atomic E-state index is 0.148. The summed E-state index contributed by atoms with van der Waals surface area (Å²) in [7, 11) is 1.82. The first-order valence-electron chi connectivity index (χ1n) is 7.80. The number of anilines is 1. The SMILES string of the molecule is CCNc1ncc(F)cc1C(=O)N(C)C1CCCCCC1. The Hall–Kier alpha value is -1.65. The third-order valence-electron chi connectivity index (χ3n) is 4.12. The Morgan fingerprint density at radius 2 is 2.05 bits per heavy atom. The maximum absolute atomic E-state index is 13.5. The second-order valence-electron chi connectivity index (χ2n) is 5.64. The van der Waals surface area contributed by atoms with Gasteiger partial charge in [0.2, 0.25) is 0 Å². The van der Waals surface area contributed by atoms with Crippen LogP contribution in [0.4, 0.5) is 10.2 Å². The van der Waals surface area contributed by atoms with Gasteiger partial charge >= 0.3 is 0 Å². The predicted octanol–water partition coefficient (Wildman–Crippen LogP) is 3.45. The highest BCUT2D eigenvalue weighted by Crippen LogP contribution is 2.24. The second kappa shape index (κ2) is 7.38. The zero-order valence-electron chi connectivity index (χ0n) is 12.9. The third kappa shape index (κ3) is 3.93. The number of aromatic nitrogens is 1. The molecular weight excluding hydrogens is 269 g/mol. The van der Waals surface area contributed by atoms with Crippen LogP contribution in [0.2, 0.25) is 0 Å². The predicted molar refractivity (Wildman–Crippen MR) is 81.9 cm³/mol. The van der Waals surface area contributed by atoms with Crippen molar-refractivity contribution in [3.8, 4) is 0 Å². The molecule has 4 nitrogen and oxygen atoms in total. The molecule has 1 N–H and O–H groups in total. The van der Waals surface area contributed by atoms with Gasteiger partial charge in [0, 0.05) is 19.6 Å². The molecule has 1 fully saturated rings. The summed E-state index contributed by atoms with van der Waals surface area (Å²) < 4.78 is 13.5. The normalized spacial score (nSPS) is 16.3. The van der Waals surface area contributed by atoms with Crippen LogP contribution in [0, 0.1) is 5.82 Å². The Balaban J connectivity index is 2.19. The Morgan fingerprint density at radius 1 is 1.38 bits per heavy atom. The van der Waals surface area contributed by atoms with Crippen molar-refractivity contribution in [1.29, 1.82) is 0 Å². The average Bonchev–Trinajstić information content (AvgIpc) is 2.77. The van der Waals surface area contributed by atoms with E-state index in [0.717, 1.165) is 31.9 Å². The molecule has 1 aliphatic rings. The number of pyridine rings is 1. The number of hydrogen-bond acceptors (Lipinski definition) is 3. The van der Waals surface area contributed by atoms with Crippen molar-refractivity contribution in [1.82, 2.24) is 9.88 Å². The van der Waals surface area contributed by atoms with E-state index in [1.165, 1.54) is 18.9 Å². The first-order valence-corrected chi connectivity index (χ1v) is 7.80. The fourth-order valence-electron chi connectivity index (χ4n) is 2.91. The van der Waals surface area contributed by atoms with E-state index < -0.39 is 5.82 Å². The van der Waals surface area contributed by atoms with Crippen molar-refractivity contribution < 1.29 is 9.18 Å². The molecule has 0 bridgehead atoms. The largest absolute Gasteiger partial charge is 0.370 e. The monoisotopic (exact) mass is 293 g/mol. The lowest BCUT2D eigenvalue weighted by Gasteiger charge is -2.28. The van der Waals surface area contributed by atoms with Crippen LogP contribution < -0.4 is 5.32 Å². The molecule has 5 heteroatoms. The fourth-order valence-corrected chi connectivity index (χ4v) is 2.91. The van der Waals surface area contributed by atoms with Crippen LogP contribution >= 0.6 is 0 Å². The standard InChI is InChI=1S/C16H24FN3O/c1-3-18-15-14(10-12(17)11-19-15)16(21)20(2)13-8-6-4-5-7-9-13/h10-11,13H,3-9H2,1-2H3,(H,18,19). The number of halogens is 1. The van der Waals surface area contributed by atoms with Gasteiger partial charge in [-0.05, 0) is 25.8 Å². The zero-order valence-corrected chi connectivity index (χ0v) is 12.9. The molecule has 1 saturated carbocycles. The molecule has 1 aromatic rings. The smallest absolute Gasteiger partial charge is 0.257 e. The van der Waals surface area contributed by atoms with Crippen molar-refractivity contribution in [2.75, 3.05) is 18.9 Å². The van der Waals surface area contributed by atoms with Crippen LogP contribution in [0.25, 0.3) is 0 Å². The number of nitrogens with one attached hydrogen (secondary N) is 1. The van der Waals surface area contributed by atoms with Crippen molar-refractivity contribution >= 4 is 11.7 Å². The number of rotatable bonds is 4. The van der Waals surface area contributed by atoms with Gasteiger partial charge in [0.1, 0.15) is 11.6 Å². The summed E-state index contributed by atoms with van der Waals surface area (Å²) in [6.45, 7) is 2.57. The maximum atomic E-state index is 13.5. The molecule has 1 aliphatic carbocycles. The summed E-state index contributed by atoms with van der Waals surface area (Å²) in [5.74, 6) is -0.163. The van der Waals surface area contributed by atoms with E-state index in [4.69, 9.17) is 0 Å². The van der Waals surface area contributed by atoms with Gasteiger partial charge in [-0.2, -0.15) is 0 Å². The lowest BCUT2D eigenvalue weighted by molar-refractivity contribution is 0.0718. The third-order valence-corrected chi connectivity index (χ3v) is 4.12. The van der Waals surface area contributed by atoms with Crippen molar-refractivity contribution in [2.24, 2.45) is 0 Å². The van der Waals surface area contributed by atoms with Crippen LogP contribution in [-0.4, -0.2) is 35.4 Å². The highest BCUT2D eigenvalue weighted by Gasteiger charge is 2.24. The summed E-state index contributed by atoms with van der Waals surface area (Å²) in [6, 6.07) is 1.53. The highest BCUT2D eigenvalue weighted by molar-refractivity contribution is 5.98. The van der Waals surface area contributed by atoms with E-state index in [9.17, 15) is 9.18 Å². The first-order chi connectivity index (χ1) is 10.1. The van der Waals surface area contributed by atoms with Crippen molar-refractivity contribution in [3.63, 3.8) is 0 Å². The zero-order chi connectivity index (χ0) is 15.2. The van der Waals surface area contributed by atoms with Crippen LogP contribution in [0.1, 0.15) is 55.8 Å². The van der Waals surface area contributed by atoms with Gasteiger partial charge in [-0.3, -0.25) is 4.79 Å². The number of nitrogens with zero attached hydrogens (tertiary/aromatic N) is 2. The second-order valence-corrected chi connectivity index (χ2v) is 5.64. The van der Waals surface area contributed by atoms with Gasteiger partial charge in [-0.1, -0.05) is 25.7 Å². The first kappa shape index (κ1) is 15.7. The summed E-state index contributed by atoms with van der Waals surface area (Å²) in [5.41, 5.74) is 0.323. The molecule has 1 heterocycles. The molecule has 0 radical (unpaired) electrons. The van der Waals surface area contributed by atoms with E-state index in [1.54, 1.807) is 4.90 Å². The Bertz CT molecular complexity index is 484. The van der Waals surface area contributed by atoms with E-state index in [1.807, 2.05) is 14.0 Å². The lowest BCUT2D eigenvalue weighted by atomic mass is 10.1. The van der Waals surface area contributed by atoms with Gasteiger partial charge in [0.05, 0.1) is 11.8 Å². The Kier molecular flexibility index (Phi) is 5.53. The molecule has 1 amide bonds. The molecule has 0 aromatic carbocycles. The van der Waals surface area contributed by atoms with Crippen molar-refractivity contribution in [2.45, 2.75) is 51.5 Å². The molecule has 2 rings (SSSR count). The van der Waals surface area contributed by atoms with E-state index in [-0.39, 0.29) is 11.9 Å². The number of hydrogen-bond donors (Lipinski definition) is 1. The van der Waals surface area contributed by atoms with Gasteiger partial charge in [0.15, 0.2) is 0 Å². The van der Waals surface area contributed by atoms with Crippen LogP contribution in [0.3, 0.4) is 0 Å². The van der Waals surface area contributed by atoms with Gasteiger partial charge in [0.25, 0.3) is 5.91 Å². The highest BCUT2D eigenvalue weighted by atomic mass is 19.1. The molecule has 0 atom stereocenters. The van der Waals surface area contributed by atoms with E-state index >= 15 is 0 Å². The van der Waals surface area contributed by atoms with Gasteiger partial charge in [-0.25, -0.2) is 9.37 Å². The van der Waals surface area contributed by atoms with Crippen LogP contribution in [0.5, 0.6) is 0 Å². The maximum Gasteiger partial charge on any atom is 0.257 e. The summed E-state index contributed by atoms with van der Waals surface area (Å²) in [4.78, 5) is 18.5. The van der Waals surface area contributed by atoms with Gasteiger partial charge in [-0.15, -0.1) is 0 Å². The Labute approximate surface area is 125 Å². The van der Waals surface area contributed by atoms with E-state index in [0.29, 0.717) is 17.9 Å². The molecule has 0 unspecified atom stereocenters. The molecule has 0 spiro atoms. The Morgan fingerprint density at radius 3 is 2.67 bits per heavy atom. The molecule has 116 valence electrons. The quantitative estimate of drug-likeness (QED) is 0.865. The van der Waals surface area contributed by atoms with Gasteiger partial charge < -0.3 is 10.2 Å². The minimum atomic E-state index is -0.478. The molecule has 1 aromatic heterocycles. The molecule has 0 aliphatic heterocycles. The number of carbonyl (C=O) groups excluding carboxylic acids is 1. The minimum Gasteiger partial charge on any atom is -0.370 e. The van der Waals surface area contributed by atoms with Crippen molar-refractivity contribution in [3.05, 3.63) is 23.6 Å².